The molecule has 1 fully saturated rings. The Labute approximate surface area is 134 Å². The van der Waals surface area contributed by atoms with Crippen LogP contribution in [0.4, 0.5) is 0 Å². The van der Waals surface area contributed by atoms with Gasteiger partial charge in [0.2, 0.25) is 5.91 Å². The predicted octanol–water partition coefficient (Wildman–Crippen LogP) is 1.10. The summed E-state index contributed by atoms with van der Waals surface area (Å²) in [5, 5.41) is 11.6. The Morgan fingerprint density at radius 3 is 2.65 bits per heavy atom. The lowest BCUT2D eigenvalue weighted by molar-refractivity contribution is -0.122. The molecular formula is C16H21N5O2. The molecule has 1 aliphatic rings. The van der Waals surface area contributed by atoms with Gasteiger partial charge in [-0.05, 0) is 38.8 Å². The van der Waals surface area contributed by atoms with Gasteiger partial charge in [-0.15, -0.1) is 5.10 Å². The van der Waals surface area contributed by atoms with E-state index in [1.807, 2.05) is 19.9 Å². The molecule has 0 spiro atoms. The van der Waals surface area contributed by atoms with E-state index in [-0.39, 0.29) is 24.1 Å². The first kappa shape index (κ1) is 15.5. The van der Waals surface area contributed by atoms with Gasteiger partial charge in [0.1, 0.15) is 6.54 Å². The molecule has 0 bridgehead atoms. The fourth-order valence-electron chi connectivity index (χ4n) is 3.00. The van der Waals surface area contributed by atoms with Gasteiger partial charge < -0.3 is 5.32 Å². The number of carbonyl (C=O) groups excluding carboxylic acids is 1. The van der Waals surface area contributed by atoms with Crippen LogP contribution in [-0.4, -0.2) is 31.5 Å². The normalized spacial score (nSPS) is 15.0. The highest BCUT2D eigenvalue weighted by atomic mass is 16.2. The lowest BCUT2D eigenvalue weighted by atomic mass is 10.2. The second-order valence-electron chi connectivity index (χ2n) is 6.08. The number of nitrogens with one attached hydrogen (secondary N) is 1. The summed E-state index contributed by atoms with van der Waals surface area (Å²) >= 11 is 0. The number of aryl methyl sites for hydroxylation is 2. The molecule has 2 aromatic heterocycles. The van der Waals surface area contributed by atoms with Crippen LogP contribution in [0.5, 0.6) is 0 Å². The average molecular weight is 315 g/mol. The molecule has 1 amide bonds. The van der Waals surface area contributed by atoms with E-state index in [1.54, 1.807) is 10.7 Å². The first-order valence-corrected chi connectivity index (χ1v) is 7.94. The smallest absolute Gasteiger partial charge is 0.267 e. The lowest BCUT2D eigenvalue weighted by Gasteiger charge is -2.13. The summed E-state index contributed by atoms with van der Waals surface area (Å²) in [6.45, 7) is 3.75. The van der Waals surface area contributed by atoms with E-state index < -0.39 is 0 Å². The molecule has 2 heterocycles. The van der Waals surface area contributed by atoms with Crippen molar-refractivity contribution >= 4 is 5.91 Å². The Bertz CT molecular complexity index is 771. The van der Waals surface area contributed by atoms with E-state index in [0.717, 1.165) is 37.1 Å². The highest BCUT2D eigenvalue weighted by Crippen LogP contribution is 2.17. The van der Waals surface area contributed by atoms with Crippen LogP contribution in [0.25, 0.3) is 5.82 Å². The quantitative estimate of drug-likeness (QED) is 0.916. The van der Waals surface area contributed by atoms with E-state index in [2.05, 4.69) is 15.5 Å². The van der Waals surface area contributed by atoms with E-state index in [1.165, 1.54) is 10.7 Å². The molecular weight excluding hydrogens is 294 g/mol. The van der Waals surface area contributed by atoms with Gasteiger partial charge in [0, 0.05) is 17.8 Å². The molecule has 7 nitrogen and oxygen atoms in total. The third kappa shape index (κ3) is 3.49. The van der Waals surface area contributed by atoms with Crippen molar-refractivity contribution in [2.45, 2.75) is 52.1 Å². The first-order valence-electron chi connectivity index (χ1n) is 7.94. The molecule has 0 saturated heterocycles. The number of aromatic nitrogens is 4. The zero-order valence-electron chi connectivity index (χ0n) is 13.5. The molecule has 0 radical (unpaired) electrons. The van der Waals surface area contributed by atoms with Gasteiger partial charge in [-0.3, -0.25) is 9.59 Å². The number of hydrogen-bond acceptors (Lipinski definition) is 4. The molecule has 3 rings (SSSR count). The summed E-state index contributed by atoms with van der Waals surface area (Å²) in [7, 11) is 0. The highest BCUT2D eigenvalue weighted by Gasteiger charge is 2.18. The Morgan fingerprint density at radius 1 is 1.26 bits per heavy atom. The van der Waals surface area contributed by atoms with Gasteiger partial charge in [0.25, 0.3) is 5.56 Å². The molecule has 7 heteroatoms. The zero-order chi connectivity index (χ0) is 16.4. The molecule has 23 heavy (non-hydrogen) atoms. The van der Waals surface area contributed by atoms with Crippen LogP contribution < -0.4 is 10.9 Å². The van der Waals surface area contributed by atoms with Gasteiger partial charge in [-0.1, -0.05) is 12.8 Å². The van der Waals surface area contributed by atoms with E-state index in [9.17, 15) is 9.59 Å². The maximum Gasteiger partial charge on any atom is 0.267 e. The fraction of sp³-hybridized carbons (Fsp3) is 0.500. The minimum Gasteiger partial charge on any atom is -0.352 e. The van der Waals surface area contributed by atoms with Gasteiger partial charge in [-0.2, -0.15) is 5.10 Å². The van der Waals surface area contributed by atoms with Crippen molar-refractivity contribution in [1.82, 2.24) is 24.9 Å². The molecule has 1 aliphatic carbocycles. The monoisotopic (exact) mass is 315 g/mol. The van der Waals surface area contributed by atoms with Gasteiger partial charge in [0.05, 0.1) is 5.69 Å². The average Bonchev–Trinajstić information content (AvgIpc) is 3.11. The summed E-state index contributed by atoms with van der Waals surface area (Å²) in [5.41, 5.74) is 1.51. The summed E-state index contributed by atoms with van der Waals surface area (Å²) in [6, 6.07) is 5.20. The van der Waals surface area contributed by atoms with Gasteiger partial charge in [0.15, 0.2) is 5.82 Å². The van der Waals surface area contributed by atoms with Crippen molar-refractivity contribution in [3.63, 3.8) is 0 Å². The molecule has 0 unspecified atom stereocenters. The molecule has 122 valence electrons. The Morgan fingerprint density at radius 2 is 2.00 bits per heavy atom. The van der Waals surface area contributed by atoms with Crippen molar-refractivity contribution in [2.75, 3.05) is 0 Å². The fourth-order valence-corrected chi connectivity index (χ4v) is 3.00. The largest absolute Gasteiger partial charge is 0.352 e. The van der Waals surface area contributed by atoms with Crippen molar-refractivity contribution < 1.29 is 4.79 Å². The van der Waals surface area contributed by atoms with Crippen LogP contribution in [0, 0.1) is 13.8 Å². The summed E-state index contributed by atoms with van der Waals surface area (Å²) < 4.78 is 2.86. The molecule has 1 N–H and O–H groups in total. The van der Waals surface area contributed by atoms with Crippen molar-refractivity contribution in [3.8, 4) is 5.82 Å². The van der Waals surface area contributed by atoms with Crippen LogP contribution in [0.2, 0.25) is 0 Å². The maximum atomic E-state index is 12.1. The van der Waals surface area contributed by atoms with Crippen molar-refractivity contribution in [2.24, 2.45) is 0 Å². The number of carbonyl (C=O) groups is 1. The Balaban J connectivity index is 1.79. The van der Waals surface area contributed by atoms with Crippen LogP contribution in [0.3, 0.4) is 0 Å². The number of hydrogen-bond donors (Lipinski definition) is 1. The van der Waals surface area contributed by atoms with E-state index in [0.29, 0.717) is 5.82 Å². The maximum absolute atomic E-state index is 12.1. The van der Waals surface area contributed by atoms with Crippen LogP contribution in [0.15, 0.2) is 23.0 Å². The third-order valence-corrected chi connectivity index (χ3v) is 4.09. The molecule has 0 aliphatic heterocycles. The molecule has 1 saturated carbocycles. The highest BCUT2D eigenvalue weighted by molar-refractivity contribution is 5.75. The number of nitrogens with zero attached hydrogens (tertiary/aromatic N) is 4. The third-order valence-electron chi connectivity index (χ3n) is 4.09. The van der Waals surface area contributed by atoms with E-state index in [4.69, 9.17) is 0 Å². The lowest BCUT2D eigenvalue weighted by Crippen LogP contribution is -2.38. The zero-order valence-corrected chi connectivity index (χ0v) is 13.5. The predicted molar refractivity (Wildman–Crippen MR) is 85.5 cm³/mol. The summed E-state index contributed by atoms with van der Waals surface area (Å²) in [5.74, 6) is 0.362. The first-order chi connectivity index (χ1) is 11.0. The Kier molecular flexibility index (Phi) is 4.27. The number of amides is 1. The topological polar surface area (TPSA) is 81.8 Å². The SMILES string of the molecule is Cc1cc(C)n(-c2ccc(=O)n(CC(=O)NC3CCCC3)n2)n1. The molecule has 2 aromatic rings. The van der Waals surface area contributed by atoms with Crippen LogP contribution in [0.1, 0.15) is 37.1 Å². The number of rotatable bonds is 4. The molecule has 0 atom stereocenters. The standard InChI is InChI=1S/C16H21N5O2/c1-11-9-12(2)21(18-11)14-7-8-16(23)20(19-14)10-15(22)17-13-5-3-4-6-13/h7-9,13H,3-6,10H2,1-2H3,(H,17,22). The van der Waals surface area contributed by atoms with Gasteiger partial charge >= 0.3 is 0 Å². The van der Waals surface area contributed by atoms with Crippen LogP contribution in [-0.2, 0) is 11.3 Å². The minimum absolute atomic E-state index is 0.0670. The molecule has 0 aromatic carbocycles. The van der Waals surface area contributed by atoms with Gasteiger partial charge in [-0.25, -0.2) is 9.36 Å². The summed E-state index contributed by atoms with van der Waals surface area (Å²) in [6.07, 6.45) is 4.33. The minimum atomic E-state index is -0.295. The van der Waals surface area contributed by atoms with Crippen LogP contribution >= 0.6 is 0 Å². The van der Waals surface area contributed by atoms with Crippen molar-refractivity contribution in [1.29, 1.82) is 0 Å². The second-order valence-corrected chi connectivity index (χ2v) is 6.08. The van der Waals surface area contributed by atoms with Crippen molar-refractivity contribution in [3.05, 3.63) is 39.9 Å². The van der Waals surface area contributed by atoms with E-state index >= 15 is 0 Å². The summed E-state index contributed by atoms with van der Waals surface area (Å²) in [4.78, 5) is 24.1. The second kappa shape index (κ2) is 6.36. The Hall–Kier alpha value is -2.44.